The number of aliphatic hydroxyl groups excluding tert-OH is 1. The van der Waals surface area contributed by atoms with Gasteiger partial charge in [0.05, 0.1) is 48.9 Å². The van der Waals surface area contributed by atoms with Crippen molar-refractivity contribution < 1.29 is 14.6 Å². The highest BCUT2D eigenvalue weighted by atomic mass is 16.5. The molecule has 3 heterocycles. The summed E-state index contributed by atoms with van der Waals surface area (Å²) < 4.78 is 6.85. The van der Waals surface area contributed by atoms with Gasteiger partial charge in [0.15, 0.2) is 11.6 Å². The first-order valence-electron chi connectivity index (χ1n) is 12.7. The predicted octanol–water partition coefficient (Wildman–Crippen LogP) is 1.75. The van der Waals surface area contributed by atoms with Crippen LogP contribution >= 0.6 is 0 Å². The molecule has 1 amide bonds. The molecule has 1 fully saturated rings. The molecule has 3 N–H and O–H groups in total. The third kappa shape index (κ3) is 8.04. The molecule has 0 radical (unpaired) electrons. The van der Waals surface area contributed by atoms with Crippen molar-refractivity contribution in [1.82, 2.24) is 30.4 Å². The van der Waals surface area contributed by atoms with Crippen LogP contribution in [-0.2, 0) is 11.3 Å². The van der Waals surface area contributed by atoms with Gasteiger partial charge in [0.1, 0.15) is 6.61 Å². The molecule has 0 bridgehead atoms. The summed E-state index contributed by atoms with van der Waals surface area (Å²) in [7, 11) is 0. The molecule has 5 rings (SSSR count). The maximum atomic E-state index is 12.4. The third-order valence-electron chi connectivity index (χ3n) is 5.93. The van der Waals surface area contributed by atoms with Crippen LogP contribution in [0.15, 0.2) is 77.9 Å². The summed E-state index contributed by atoms with van der Waals surface area (Å²) >= 11 is 0. The van der Waals surface area contributed by atoms with Gasteiger partial charge in [0.25, 0.3) is 5.56 Å². The first-order chi connectivity index (χ1) is 19.6. The Morgan fingerprint density at radius 3 is 2.62 bits per heavy atom. The minimum atomic E-state index is -0.229. The van der Waals surface area contributed by atoms with Crippen LogP contribution < -0.4 is 20.9 Å². The Kier molecular flexibility index (Phi) is 10.0. The van der Waals surface area contributed by atoms with Gasteiger partial charge >= 0.3 is 0 Å². The van der Waals surface area contributed by atoms with Crippen LogP contribution in [0.3, 0.4) is 0 Å². The Morgan fingerprint density at radius 1 is 1.12 bits per heavy atom. The fourth-order valence-corrected chi connectivity index (χ4v) is 3.91. The number of hydrogen-bond donors (Lipinski definition) is 3. The summed E-state index contributed by atoms with van der Waals surface area (Å²) in [5.41, 5.74) is 3.32. The zero-order valence-corrected chi connectivity index (χ0v) is 21.7. The van der Waals surface area contributed by atoms with Crippen molar-refractivity contribution >= 4 is 6.41 Å². The third-order valence-corrected chi connectivity index (χ3v) is 5.93. The first-order valence-corrected chi connectivity index (χ1v) is 12.7. The van der Waals surface area contributed by atoms with Gasteiger partial charge in [0.2, 0.25) is 6.41 Å². The van der Waals surface area contributed by atoms with E-state index < -0.39 is 0 Å². The minimum absolute atomic E-state index is 0.0648. The average Bonchev–Trinajstić information content (AvgIpc) is 3.48. The lowest BCUT2D eigenvalue weighted by atomic mass is 10.1. The lowest BCUT2D eigenvalue weighted by Gasteiger charge is -2.09. The number of ether oxygens (including phenoxy) is 1. The molecule has 0 spiro atoms. The maximum absolute atomic E-state index is 12.4. The van der Waals surface area contributed by atoms with Crippen LogP contribution in [-0.4, -0.2) is 63.6 Å². The number of benzene rings is 2. The lowest BCUT2D eigenvalue weighted by Crippen LogP contribution is -2.22. The van der Waals surface area contributed by atoms with Crippen molar-refractivity contribution in [3.63, 3.8) is 0 Å². The number of β-amino-alcohol motifs (C(OH)–C–C–N with tert-alkyl or cyclic N) is 1. The Labute approximate surface area is 231 Å². The van der Waals surface area contributed by atoms with Crippen LogP contribution in [0.2, 0.25) is 0 Å². The molecule has 11 nitrogen and oxygen atoms in total. The number of amides is 1. The molecule has 1 atom stereocenters. The van der Waals surface area contributed by atoms with Crippen molar-refractivity contribution in [2.24, 2.45) is 0 Å². The number of nitriles is 1. The van der Waals surface area contributed by atoms with Crippen LogP contribution in [0, 0.1) is 11.3 Å². The van der Waals surface area contributed by atoms with Crippen molar-refractivity contribution in [2.75, 3.05) is 26.2 Å². The van der Waals surface area contributed by atoms with Gasteiger partial charge in [-0.15, -0.1) is 0 Å². The molecular weight excluding hydrogens is 510 g/mol. The van der Waals surface area contributed by atoms with Crippen molar-refractivity contribution in [3.05, 3.63) is 94.5 Å². The number of aliphatic hydroxyl groups is 1. The Hall–Kier alpha value is -4.92. The second-order valence-electron chi connectivity index (χ2n) is 8.92. The second kappa shape index (κ2) is 14.3. The lowest BCUT2D eigenvalue weighted by molar-refractivity contribution is -0.109. The summed E-state index contributed by atoms with van der Waals surface area (Å²) in [5, 5.41) is 27.8. The van der Waals surface area contributed by atoms with Gasteiger partial charge in [-0.2, -0.15) is 10.4 Å². The molecule has 0 aliphatic carbocycles. The van der Waals surface area contributed by atoms with Crippen LogP contribution in [0.25, 0.3) is 22.6 Å². The summed E-state index contributed by atoms with van der Waals surface area (Å²) in [4.78, 5) is 31.4. The summed E-state index contributed by atoms with van der Waals surface area (Å²) in [6, 6.07) is 19.9. The molecular formula is C29H29N7O4. The molecule has 1 aliphatic heterocycles. The quantitative estimate of drug-likeness (QED) is 0.213. The highest BCUT2D eigenvalue weighted by molar-refractivity contribution is 5.60. The van der Waals surface area contributed by atoms with Crippen molar-refractivity contribution in [2.45, 2.75) is 19.1 Å². The molecule has 2 aromatic heterocycles. The van der Waals surface area contributed by atoms with Crippen LogP contribution in [0.4, 0.5) is 0 Å². The fourth-order valence-electron chi connectivity index (χ4n) is 3.91. The van der Waals surface area contributed by atoms with E-state index in [2.05, 4.69) is 31.8 Å². The number of hydrogen-bond acceptors (Lipinski definition) is 9. The van der Waals surface area contributed by atoms with E-state index in [9.17, 15) is 9.59 Å². The standard InChI is InChI=1S/C25H20N6O3.C4H9NO/c26-13-18-3-1-5-20(11-18)23-7-8-24(33)31(30-23)16-19-4-2-6-21(12-19)25-28-14-22(15-29-25)34-10-9-27-17-32;6-4-1-2-5-3-4/h1-8,11-12,14-15,17H,9-10,16H2,(H,27,32);4-6H,1-3H2. The number of carbonyl (C=O) groups is 1. The van der Waals surface area contributed by atoms with Gasteiger partial charge < -0.3 is 20.5 Å². The summed E-state index contributed by atoms with van der Waals surface area (Å²) in [6.45, 7) is 2.76. The Balaban J connectivity index is 0.000000546. The largest absolute Gasteiger partial charge is 0.489 e. The minimum Gasteiger partial charge on any atom is -0.489 e. The van der Waals surface area contributed by atoms with Crippen LogP contribution in [0.1, 0.15) is 17.5 Å². The second-order valence-corrected chi connectivity index (χ2v) is 8.92. The van der Waals surface area contributed by atoms with E-state index in [4.69, 9.17) is 15.1 Å². The van der Waals surface area contributed by atoms with Gasteiger partial charge in [-0.25, -0.2) is 14.6 Å². The van der Waals surface area contributed by atoms with E-state index in [0.29, 0.717) is 42.4 Å². The Bertz CT molecular complexity index is 1510. The van der Waals surface area contributed by atoms with Crippen LogP contribution in [0.5, 0.6) is 5.75 Å². The molecule has 4 aromatic rings. The van der Waals surface area contributed by atoms with Gasteiger partial charge in [-0.3, -0.25) is 9.59 Å². The van der Waals surface area contributed by atoms with E-state index in [0.717, 1.165) is 36.2 Å². The van der Waals surface area contributed by atoms with E-state index >= 15 is 0 Å². The maximum Gasteiger partial charge on any atom is 0.267 e. The number of nitrogens with zero attached hydrogens (tertiary/aromatic N) is 5. The average molecular weight is 540 g/mol. The van der Waals surface area contributed by atoms with Gasteiger partial charge in [-0.05, 0) is 42.8 Å². The van der Waals surface area contributed by atoms with Crippen molar-refractivity contribution in [3.8, 4) is 34.5 Å². The predicted molar refractivity (Wildman–Crippen MR) is 148 cm³/mol. The van der Waals surface area contributed by atoms with Crippen molar-refractivity contribution in [1.29, 1.82) is 5.26 Å². The fraction of sp³-hybridized carbons (Fsp3) is 0.241. The molecule has 40 heavy (non-hydrogen) atoms. The molecule has 1 saturated heterocycles. The SMILES string of the molecule is N#Cc1cccc(-c2ccc(=O)n(Cc3cccc(-c4ncc(OCCNC=O)cn4)c3)n2)c1.OC1CCNC1. The van der Waals surface area contributed by atoms with Gasteiger partial charge in [0, 0.05) is 23.7 Å². The highest BCUT2D eigenvalue weighted by Gasteiger charge is 2.09. The van der Waals surface area contributed by atoms with E-state index in [1.54, 1.807) is 36.7 Å². The number of aromatic nitrogens is 4. The zero-order chi connectivity index (χ0) is 28.2. The van der Waals surface area contributed by atoms with E-state index in [1.807, 2.05) is 30.3 Å². The smallest absolute Gasteiger partial charge is 0.267 e. The molecule has 1 aliphatic rings. The zero-order valence-electron chi connectivity index (χ0n) is 21.7. The summed E-state index contributed by atoms with van der Waals surface area (Å²) in [6.07, 6.45) is 4.62. The number of nitrogens with one attached hydrogen (secondary N) is 2. The molecule has 11 heteroatoms. The number of rotatable bonds is 9. The van der Waals surface area contributed by atoms with E-state index in [-0.39, 0.29) is 18.2 Å². The Morgan fingerprint density at radius 2 is 1.93 bits per heavy atom. The molecule has 2 aromatic carbocycles. The number of carbonyl (C=O) groups excluding carboxylic acids is 1. The topological polar surface area (TPSA) is 155 Å². The first kappa shape index (κ1) is 28.1. The highest BCUT2D eigenvalue weighted by Crippen LogP contribution is 2.20. The molecule has 204 valence electrons. The monoisotopic (exact) mass is 539 g/mol. The molecule has 0 saturated carbocycles. The molecule has 1 unspecified atom stereocenters. The van der Waals surface area contributed by atoms with Gasteiger partial charge in [-0.1, -0.05) is 30.3 Å². The normalized spacial score (nSPS) is 13.9. The summed E-state index contributed by atoms with van der Waals surface area (Å²) in [5.74, 6) is 1.02. The van der Waals surface area contributed by atoms with E-state index in [1.165, 1.54) is 10.7 Å².